The standard InChI is InChI=1S/C34H30N4O/c39-34-36-31-15-14-27(21-32(31)37-34)24-16-18-38(19-17-24)22-23-10-12-26(13-11-23)33-29(25-6-2-1-3-7-25)20-28-8-4-5-9-30(28)35-33/h1-15,20-21,24H,16-19,22H2,(H2,36,37,39). The molecule has 192 valence electrons. The van der Waals surface area contributed by atoms with Gasteiger partial charge in [0.25, 0.3) is 0 Å². The molecule has 0 unspecified atom stereocenters. The predicted molar refractivity (Wildman–Crippen MR) is 159 cm³/mol. The van der Waals surface area contributed by atoms with E-state index in [2.05, 4.69) is 106 Å². The van der Waals surface area contributed by atoms with E-state index in [0.29, 0.717) is 5.92 Å². The number of aromatic nitrogens is 3. The summed E-state index contributed by atoms with van der Waals surface area (Å²) in [7, 11) is 0. The molecule has 1 fully saturated rings. The number of pyridine rings is 1. The highest BCUT2D eigenvalue weighted by Gasteiger charge is 2.21. The summed E-state index contributed by atoms with van der Waals surface area (Å²) in [5.74, 6) is 0.529. The fourth-order valence-corrected chi connectivity index (χ4v) is 5.93. The lowest BCUT2D eigenvalue weighted by Gasteiger charge is -2.32. The third kappa shape index (κ3) is 4.77. The van der Waals surface area contributed by atoms with E-state index in [-0.39, 0.29) is 5.69 Å². The van der Waals surface area contributed by atoms with E-state index >= 15 is 0 Å². The second-order valence-corrected chi connectivity index (χ2v) is 10.6. The number of H-pyrrole nitrogens is 2. The molecule has 2 N–H and O–H groups in total. The van der Waals surface area contributed by atoms with Crippen LogP contribution >= 0.6 is 0 Å². The van der Waals surface area contributed by atoms with Gasteiger partial charge in [-0.15, -0.1) is 0 Å². The van der Waals surface area contributed by atoms with Crippen molar-refractivity contribution in [1.29, 1.82) is 0 Å². The summed E-state index contributed by atoms with van der Waals surface area (Å²) >= 11 is 0. The molecule has 4 aromatic carbocycles. The molecule has 0 spiro atoms. The van der Waals surface area contributed by atoms with Gasteiger partial charge >= 0.3 is 5.69 Å². The first-order valence-electron chi connectivity index (χ1n) is 13.7. The second kappa shape index (κ2) is 10.0. The lowest BCUT2D eigenvalue weighted by atomic mass is 9.89. The Morgan fingerprint density at radius 1 is 0.744 bits per heavy atom. The van der Waals surface area contributed by atoms with E-state index in [4.69, 9.17) is 4.98 Å². The van der Waals surface area contributed by atoms with E-state index in [1.807, 2.05) is 12.1 Å². The van der Waals surface area contributed by atoms with Crippen LogP contribution in [-0.2, 0) is 6.54 Å². The fourth-order valence-electron chi connectivity index (χ4n) is 5.93. The van der Waals surface area contributed by atoms with Crippen LogP contribution in [-0.4, -0.2) is 32.9 Å². The van der Waals surface area contributed by atoms with Crippen LogP contribution in [0.3, 0.4) is 0 Å². The molecule has 7 rings (SSSR count). The summed E-state index contributed by atoms with van der Waals surface area (Å²) < 4.78 is 0. The minimum absolute atomic E-state index is 0.143. The van der Waals surface area contributed by atoms with Gasteiger partial charge in [-0.05, 0) is 72.8 Å². The Morgan fingerprint density at radius 2 is 1.49 bits per heavy atom. The van der Waals surface area contributed by atoms with Crippen LogP contribution in [0.2, 0.25) is 0 Å². The Balaban J connectivity index is 1.08. The Morgan fingerprint density at radius 3 is 2.31 bits per heavy atom. The van der Waals surface area contributed by atoms with Gasteiger partial charge in [0.15, 0.2) is 0 Å². The Labute approximate surface area is 227 Å². The molecule has 3 heterocycles. The minimum Gasteiger partial charge on any atom is -0.306 e. The molecule has 5 heteroatoms. The number of benzene rings is 4. The maximum Gasteiger partial charge on any atom is 0.323 e. The van der Waals surface area contributed by atoms with Crippen molar-refractivity contribution in [2.75, 3.05) is 13.1 Å². The number of hydrogen-bond acceptors (Lipinski definition) is 3. The molecule has 0 aliphatic carbocycles. The largest absolute Gasteiger partial charge is 0.323 e. The molecular weight excluding hydrogens is 480 g/mol. The van der Waals surface area contributed by atoms with Crippen molar-refractivity contribution in [2.24, 2.45) is 0 Å². The van der Waals surface area contributed by atoms with Crippen LogP contribution in [0.5, 0.6) is 0 Å². The Bertz CT molecular complexity index is 1810. The zero-order valence-corrected chi connectivity index (χ0v) is 21.7. The van der Waals surface area contributed by atoms with E-state index < -0.39 is 0 Å². The smallest absolute Gasteiger partial charge is 0.306 e. The number of imidazole rings is 1. The molecule has 0 bridgehead atoms. The number of likely N-dealkylation sites (tertiary alicyclic amines) is 1. The first kappa shape index (κ1) is 23.6. The summed E-state index contributed by atoms with van der Waals surface area (Å²) in [6.45, 7) is 3.09. The van der Waals surface area contributed by atoms with Gasteiger partial charge in [-0.2, -0.15) is 0 Å². The number of aromatic amines is 2. The van der Waals surface area contributed by atoms with Gasteiger partial charge in [0.05, 0.1) is 22.2 Å². The minimum atomic E-state index is -0.143. The zero-order valence-electron chi connectivity index (χ0n) is 21.7. The average molecular weight is 511 g/mol. The molecule has 0 atom stereocenters. The topological polar surface area (TPSA) is 64.8 Å². The molecule has 1 saturated heterocycles. The molecule has 5 nitrogen and oxygen atoms in total. The van der Waals surface area contributed by atoms with Crippen molar-refractivity contribution >= 4 is 21.9 Å². The lowest BCUT2D eigenvalue weighted by molar-refractivity contribution is 0.204. The SMILES string of the molecule is O=c1[nH]c2ccc(C3CCN(Cc4ccc(-c5nc6ccccc6cc5-c5ccccc5)cc4)CC3)cc2[nH]1. The summed E-state index contributed by atoms with van der Waals surface area (Å²) in [5, 5.41) is 1.15. The normalized spacial score (nSPS) is 14.8. The van der Waals surface area contributed by atoms with Crippen LogP contribution in [0, 0.1) is 0 Å². The molecule has 1 aliphatic rings. The van der Waals surface area contributed by atoms with Gasteiger partial charge in [-0.3, -0.25) is 4.90 Å². The quantitative estimate of drug-likeness (QED) is 0.260. The number of hydrogen-bond donors (Lipinski definition) is 2. The molecule has 0 amide bonds. The Kier molecular flexibility index (Phi) is 6.06. The first-order chi connectivity index (χ1) is 19.2. The highest BCUT2D eigenvalue weighted by atomic mass is 16.1. The maximum atomic E-state index is 11.6. The van der Waals surface area contributed by atoms with Crippen molar-refractivity contribution in [3.05, 3.63) is 125 Å². The first-order valence-corrected chi connectivity index (χ1v) is 13.7. The maximum absolute atomic E-state index is 11.6. The average Bonchev–Trinajstić information content (AvgIpc) is 3.37. The number of piperidine rings is 1. The van der Waals surface area contributed by atoms with Gasteiger partial charge < -0.3 is 9.97 Å². The summed E-state index contributed by atoms with van der Waals surface area (Å²) in [6.07, 6.45) is 2.25. The molecular formula is C34H30N4O. The van der Waals surface area contributed by atoms with Gasteiger partial charge in [0, 0.05) is 23.1 Å². The van der Waals surface area contributed by atoms with Crippen LogP contribution in [0.1, 0.15) is 29.9 Å². The Hall–Kier alpha value is -4.48. The summed E-state index contributed by atoms with van der Waals surface area (Å²) in [4.78, 5) is 25.0. The lowest BCUT2D eigenvalue weighted by Crippen LogP contribution is -2.32. The monoisotopic (exact) mass is 510 g/mol. The van der Waals surface area contributed by atoms with Gasteiger partial charge in [-0.25, -0.2) is 9.78 Å². The van der Waals surface area contributed by atoms with Crippen LogP contribution < -0.4 is 5.69 Å². The summed E-state index contributed by atoms with van der Waals surface area (Å²) in [5.41, 5.74) is 9.79. The number of nitrogens with one attached hydrogen (secondary N) is 2. The van der Waals surface area contributed by atoms with Gasteiger partial charge in [0.2, 0.25) is 0 Å². The number of fused-ring (bicyclic) bond motifs is 2. The van der Waals surface area contributed by atoms with E-state index in [1.54, 1.807) is 0 Å². The summed E-state index contributed by atoms with van der Waals surface area (Å²) in [6, 6.07) is 36.4. The van der Waals surface area contributed by atoms with Gasteiger partial charge in [-0.1, -0.05) is 78.9 Å². The third-order valence-corrected chi connectivity index (χ3v) is 8.04. The molecule has 0 radical (unpaired) electrons. The van der Waals surface area contributed by atoms with Crippen molar-refractivity contribution in [3.63, 3.8) is 0 Å². The zero-order chi connectivity index (χ0) is 26.2. The van der Waals surface area contributed by atoms with Crippen molar-refractivity contribution in [2.45, 2.75) is 25.3 Å². The molecule has 1 aliphatic heterocycles. The molecule has 6 aromatic rings. The fraction of sp³-hybridized carbons (Fsp3) is 0.176. The van der Waals surface area contributed by atoms with Crippen molar-refractivity contribution in [1.82, 2.24) is 19.9 Å². The highest BCUT2D eigenvalue weighted by Crippen LogP contribution is 2.34. The van der Waals surface area contributed by atoms with Crippen molar-refractivity contribution in [3.8, 4) is 22.4 Å². The number of rotatable bonds is 5. The second-order valence-electron chi connectivity index (χ2n) is 10.6. The number of nitrogens with zero attached hydrogens (tertiary/aromatic N) is 2. The van der Waals surface area contributed by atoms with E-state index in [0.717, 1.165) is 71.2 Å². The molecule has 0 saturated carbocycles. The van der Waals surface area contributed by atoms with Crippen LogP contribution in [0.15, 0.2) is 108 Å². The van der Waals surface area contributed by atoms with Gasteiger partial charge in [0.1, 0.15) is 0 Å². The van der Waals surface area contributed by atoms with Crippen LogP contribution in [0.4, 0.5) is 0 Å². The third-order valence-electron chi connectivity index (χ3n) is 8.04. The number of para-hydroxylation sites is 1. The van der Waals surface area contributed by atoms with E-state index in [1.165, 1.54) is 16.7 Å². The highest BCUT2D eigenvalue weighted by molar-refractivity contribution is 5.91. The molecule has 39 heavy (non-hydrogen) atoms. The van der Waals surface area contributed by atoms with Crippen molar-refractivity contribution < 1.29 is 0 Å². The predicted octanol–water partition coefficient (Wildman–Crippen LogP) is 7.12. The van der Waals surface area contributed by atoms with Crippen LogP contribution in [0.25, 0.3) is 44.3 Å². The van der Waals surface area contributed by atoms with E-state index in [9.17, 15) is 4.79 Å². The molecule has 2 aromatic heterocycles.